The van der Waals surface area contributed by atoms with Crippen molar-refractivity contribution in [3.05, 3.63) is 78.2 Å². The van der Waals surface area contributed by atoms with Gasteiger partial charge in [-0.15, -0.1) is 29.1 Å². The van der Waals surface area contributed by atoms with E-state index in [1.54, 1.807) is 10.4 Å². The maximum absolute atomic E-state index is 11.7. The molecular weight excluding hydrogens is 799 g/mol. The zero-order chi connectivity index (χ0) is 34.7. The summed E-state index contributed by atoms with van der Waals surface area (Å²) in [5.41, 5.74) is 3.61. The predicted octanol–water partition coefficient (Wildman–Crippen LogP) is 10.9. The van der Waals surface area contributed by atoms with Gasteiger partial charge in [-0.05, 0) is 47.9 Å². The van der Waals surface area contributed by atoms with Crippen LogP contribution in [0.15, 0.2) is 66.6 Å². The first-order valence-electron chi connectivity index (χ1n) is 17.9. The van der Waals surface area contributed by atoms with E-state index in [2.05, 4.69) is 102 Å². The normalized spacial score (nSPS) is 15.6. The maximum atomic E-state index is 11.7. The Morgan fingerprint density at radius 1 is 0.854 bits per heavy atom. The Labute approximate surface area is 306 Å². The van der Waals surface area contributed by atoms with Gasteiger partial charge in [0, 0.05) is 49.9 Å². The molecule has 0 unspecified atom stereocenters. The minimum Gasteiger partial charge on any atom is -0.512 e. The molecule has 1 aliphatic heterocycles. The van der Waals surface area contributed by atoms with Gasteiger partial charge in [-0.2, -0.15) is 0 Å². The molecule has 0 aliphatic carbocycles. The SMILES string of the molecule is CC(C)(C)c1cc(-c2nccc3c4c(ccc23)[Si](C)(C)CC[Si]4(C)C)[c-]c2ccccc12.CCC(CC)C(=O)/C=C(\O)C(CC)CC.[Ir]. The Balaban J connectivity index is 0.000000334. The van der Waals surface area contributed by atoms with Gasteiger partial charge in [0.2, 0.25) is 0 Å². The Morgan fingerprint density at radius 3 is 2.06 bits per heavy atom. The van der Waals surface area contributed by atoms with Crippen molar-refractivity contribution in [1.82, 2.24) is 4.98 Å². The molecule has 0 bridgehead atoms. The molecule has 0 saturated carbocycles. The van der Waals surface area contributed by atoms with Gasteiger partial charge >= 0.3 is 0 Å². The molecule has 261 valence electrons. The number of fused-ring (bicyclic) bond motifs is 4. The molecule has 0 saturated heterocycles. The fourth-order valence-corrected chi connectivity index (χ4v) is 18.1. The van der Waals surface area contributed by atoms with Crippen molar-refractivity contribution in [2.24, 2.45) is 11.8 Å². The molecule has 1 aliphatic rings. The van der Waals surface area contributed by atoms with Crippen LogP contribution in [-0.2, 0) is 30.3 Å². The topological polar surface area (TPSA) is 50.2 Å². The molecule has 5 rings (SSSR count). The molecule has 1 N–H and O–H groups in total. The van der Waals surface area contributed by atoms with Crippen LogP contribution in [-0.4, -0.2) is 32.0 Å². The molecule has 1 aromatic heterocycles. The fourth-order valence-electron chi connectivity index (χ4n) is 7.41. The number of aliphatic hydroxyl groups excluding tert-OH is 1. The molecule has 48 heavy (non-hydrogen) atoms. The molecule has 0 fully saturated rings. The van der Waals surface area contributed by atoms with E-state index in [0.29, 0.717) is 0 Å². The van der Waals surface area contributed by atoms with Crippen molar-refractivity contribution >= 4 is 53.8 Å². The van der Waals surface area contributed by atoms with Crippen LogP contribution in [0.2, 0.25) is 38.3 Å². The van der Waals surface area contributed by atoms with Gasteiger partial charge in [0.15, 0.2) is 5.78 Å². The molecule has 6 heteroatoms. The fraction of sp³-hybridized carbons (Fsp3) is 0.476. The standard InChI is InChI=1S/C29H34NSi2.C13H24O2.Ir/c1-29(2,3)25-19-21(18-20-10-8-9-11-22(20)25)27-23-12-13-26-28(24(23)14-15-30-27)32(6,7)17-16-31(26,4)5;1-5-10(6-2)12(14)9-13(15)11(7-3)8-4;/h8-15,19H,16-17H2,1-7H3;9-11,14H,5-8H2,1-4H3;/q-1;;/b;12-9-;. The van der Waals surface area contributed by atoms with E-state index in [1.807, 2.05) is 33.9 Å². The average Bonchev–Trinajstić information content (AvgIpc) is 3.03. The molecule has 1 radical (unpaired) electrons. The third-order valence-electron chi connectivity index (χ3n) is 10.6. The maximum Gasteiger partial charge on any atom is 0.162 e. The van der Waals surface area contributed by atoms with Crippen molar-refractivity contribution in [3.8, 4) is 11.3 Å². The van der Waals surface area contributed by atoms with Gasteiger partial charge in [-0.3, -0.25) is 9.78 Å². The van der Waals surface area contributed by atoms with Crippen LogP contribution in [0.4, 0.5) is 0 Å². The van der Waals surface area contributed by atoms with Gasteiger partial charge in [0.25, 0.3) is 0 Å². The Kier molecular flexibility index (Phi) is 13.4. The monoisotopic (exact) mass is 857 g/mol. The minimum absolute atomic E-state index is 0. The number of benzene rings is 3. The molecule has 0 amide bonds. The van der Waals surface area contributed by atoms with Crippen LogP contribution in [0, 0.1) is 17.9 Å². The summed E-state index contributed by atoms with van der Waals surface area (Å²) in [6.07, 6.45) is 6.94. The molecule has 2 heterocycles. The largest absolute Gasteiger partial charge is 0.512 e. The van der Waals surface area contributed by atoms with E-state index in [9.17, 15) is 9.90 Å². The third kappa shape index (κ3) is 8.49. The van der Waals surface area contributed by atoms with Gasteiger partial charge in [0.1, 0.15) is 0 Å². The third-order valence-corrected chi connectivity index (χ3v) is 18.2. The van der Waals surface area contributed by atoms with E-state index in [-0.39, 0.29) is 48.9 Å². The Hall–Kier alpha value is -2.38. The van der Waals surface area contributed by atoms with Crippen LogP contribution in [0.25, 0.3) is 32.8 Å². The number of aromatic nitrogens is 1. The molecule has 3 nitrogen and oxygen atoms in total. The molecule has 3 aromatic carbocycles. The number of carbonyl (C=O) groups is 1. The molecule has 0 spiro atoms. The first kappa shape index (κ1) is 40.1. The number of ketones is 1. The average molecular weight is 857 g/mol. The number of aliphatic hydroxyl groups is 1. The number of hydrogen-bond donors (Lipinski definition) is 1. The molecule has 0 atom stereocenters. The number of hydrogen-bond acceptors (Lipinski definition) is 3. The summed E-state index contributed by atoms with van der Waals surface area (Å²) in [5.74, 6) is 0.547. The summed E-state index contributed by atoms with van der Waals surface area (Å²) in [5, 5.41) is 18.4. The number of pyridine rings is 1. The summed E-state index contributed by atoms with van der Waals surface area (Å²) < 4.78 is 0. The van der Waals surface area contributed by atoms with Crippen molar-refractivity contribution < 1.29 is 30.0 Å². The molecular formula is C42H58IrNO2Si2-. The second kappa shape index (κ2) is 16.1. The van der Waals surface area contributed by atoms with Crippen molar-refractivity contribution in [1.29, 1.82) is 0 Å². The van der Waals surface area contributed by atoms with Crippen LogP contribution < -0.4 is 10.4 Å². The Bertz CT molecular complexity index is 1760. The second-order valence-corrected chi connectivity index (χ2v) is 25.5. The van der Waals surface area contributed by atoms with Gasteiger partial charge in [0.05, 0.1) is 21.9 Å². The Morgan fingerprint density at radius 2 is 1.46 bits per heavy atom. The second-order valence-electron chi connectivity index (χ2n) is 15.9. The number of allylic oxidation sites excluding steroid dienone is 2. The first-order valence-corrected chi connectivity index (χ1v) is 24.3. The van der Waals surface area contributed by atoms with Crippen LogP contribution in [0.1, 0.15) is 79.7 Å². The van der Waals surface area contributed by atoms with Crippen molar-refractivity contribution in [2.75, 3.05) is 0 Å². The number of nitrogens with zero attached hydrogens (tertiary/aromatic N) is 1. The van der Waals surface area contributed by atoms with Gasteiger partial charge in [-0.25, -0.2) is 0 Å². The van der Waals surface area contributed by atoms with E-state index in [0.717, 1.165) is 36.9 Å². The summed E-state index contributed by atoms with van der Waals surface area (Å²) in [6, 6.07) is 24.7. The van der Waals surface area contributed by atoms with Crippen molar-refractivity contribution in [2.45, 2.75) is 118 Å². The molecule has 4 aromatic rings. The quantitative estimate of drug-likeness (QED) is 0.0831. The van der Waals surface area contributed by atoms with E-state index >= 15 is 0 Å². The van der Waals surface area contributed by atoms with E-state index in [1.165, 1.54) is 45.3 Å². The summed E-state index contributed by atoms with van der Waals surface area (Å²) in [6.45, 7) is 25.2. The van der Waals surface area contributed by atoms with Crippen molar-refractivity contribution in [3.63, 3.8) is 0 Å². The van der Waals surface area contributed by atoms with E-state index in [4.69, 9.17) is 4.98 Å². The zero-order valence-corrected chi connectivity index (χ0v) is 35.7. The van der Waals surface area contributed by atoms with Gasteiger partial charge in [-0.1, -0.05) is 138 Å². The van der Waals surface area contributed by atoms with Crippen LogP contribution >= 0.6 is 0 Å². The summed E-state index contributed by atoms with van der Waals surface area (Å²) >= 11 is 0. The smallest absolute Gasteiger partial charge is 0.162 e. The summed E-state index contributed by atoms with van der Waals surface area (Å²) in [7, 11) is -2.85. The number of carbonyl (C=O) groups excluding carboxylic acids is 1. The van der Waals surface area contributed by atoms with E-state index < -0.39 is 16.1 Å². The predicted molar refractivity (Wildman–Crippen MR) is 210 cm³/mol. The summed E-state index contributed by atoms with van der Waals surface area (Å²) in [4.78, 5) is 16.7. The number of rotatable bonds is 8. The first-order chi connectivity index (χ1) is 22.1. The minimum atomic E-state index is -1.48. The van der Waals surface area contributed by atoms with Crippen LogP contribution in [0.5, 0.6) is 0 Å². The zero-order valence-electron chi connectivity index (χ0n) is 31.3. The van der Waals surface area contributed by atoms with Gasteiger partial charge < -0.3 is 5.11 Å². The van der Waals surface area contributed by atoms with Crippen LogP contribution in [0.3, 0.4) is 0 Å².